The van der Waals surface area contributed by atoms with Crippen molar-refractivity contribution >= 4 is 23.3 Å². The molecule has 146 valence electrons. The molecule has 0 spiro atoms. The zero-order valence-corrected chi connectivity index (χ0v) is 16.8. The second-order valence-corrected chi connectivity index (χ2v) is 6.73. The Balaban J connectivity index is 1.73. The van der Waals surface area contributed by atoms with Gasteiger partial charge >= 0.3 is 0 Å². The van der Waals surface area contributed by atoms with Gasteiger partial charge in [-0.15, -0.1) is 0 Å². The highest BCUT2D eigenvalue weighted by Gasteiger charge is 2.13. The number of hydrogen-bond acceptors (Lipinski definition) is 4. The molecular weight excluding hydrogens is 378 g/mol. The van der Waals surface area contributed by atoms with E-state index in [1.54, 1.807) is 31.0 Å². The first-order valence-corrected chi connectivity index (χ1v) is 9.21. The third kappa shape index (κ3) is 4.64. The molecule has 2 aromatic carbocycles. The molecule has 0 aliphatic carbocycles. The third-order valence-corrected chi connectivity index (χ3v) is 4.50. The van der Waals surface area contributed by atoms with Crippen molar-refractivity contribution < 1.29 is 14.3 Å². The van der Waals surface area contributed by atoms with Crippen LogP contribution in [0.4, 0.5) is 5.82 Å². The molecule has 28 heavy (non-hydrogen) atoms. The van der Waals surface area contributed by atoms with Crippen molar-refractivity contribution in [3.8, 4) is 17.2 Å². The van der Waals surface area contributed by atoms with E-state index in [1.807, 2.05) is 43.3 Å². The predicted molar refractivity (Wildman–Crippen MR) is 110 cm³/mol. The average Bonchev–Trinajstić information content (AvgIpc) is 3.06. The Morgan fingerprint density at radius 1 is 1.14 bits per heavy atom. The van der Waals surface area contributed by atoms with Crippen LogP contribution < -0.4 is 14.8 Å². The first-order valence-electron chi connectivity index (χ1n) is 8.83. The van der Waals surface area contributed by atoms with Crippen LogP contribution in [0.3, 0.4) is 0 Å². The number of aryl methyl sites for hydroxylation is 2. The van der Waals surface area contributed by atoms with Gasteiger partial charge in [-0.2, -0.15) is 5.10 Å². The maximum absolute atomic E-state index is 12.5. The minimum absolute atomic E-state index is 0.118. The van der Waals surface area contributed by atoms with Crippen molar-refractivity contribution in [1.29, 1.82) is 0 Å². The molecular formula is C21H22ClN3O3. The number of rotatable bonds is 7. The lowest BCUT2D eigenvalue weighted by molar-refractivity contribution is -0.116. The van der Waals surface area contributed by atoms with Gasteiger partial charge in [0.2, 0.25) is 5.91 Å². The highest BCUT2D eigenvalue weighted by molar-refractivity contribution is 6.30. The molecule has 7 heteroatoms. The molecule has 1 heterocycles. The summed E-state index contributed by atoms with van der Waals surface area (Å²) < 4.78 is 12.3. The van der Waals surface area contributed by atoms with Gasteiger partial charge in [0.1, 0.15) is 17.3 Å². The van der Waals surface area contributed by atoms with E-state index in [2.05, 4.69) is 10.4 Å². The van der Waals surface area contributed by atoms with Gasteiger partial charge in [0, 0.05) is 17.5 Å². The van der Waals surface area contributed by atoms with Crippen molar-refractivity contribution in [2.24, 2.45) is 0 Å². The molecule has 1 aromatic heterocycles. The van der Waals surface area contributed by atoms with Crippen molar-refractivity contribution in [1.82, 2.24) is 9.78 Å². The fraction of sp³-hybridized carbons (Fsp3) is 0.238. The van der Waals surface area contributed by atoms with Gasteiger partial charge in [0.15, 0.2) is 0 Å². The number of halogens is 1. The normalized spacial score (nSPS) is 10.6. The molecule has 0 fully saturated rings. The van der Waals surface area contributed by atoms with Gasteiger partial charge in [-0.3, -0.25) is 4.79 Å². The number of ether oxygens (including phenoxy) is 2. The molecule has 0 bridgehead atoms. The highest BCUT2D eigenvalue weighted by Crippen LogP contribution is 2.25. The largest absolute Gasteiger partial charge is 0.497 e. The number of amides is 1. The summed E-state index contributed by atoms with van der Waals surface area (Å²) in [4.78, 5) is 12.5. The summed E-state index contributed by atoms with van der Waals surface area (Å²) >= 11 is 6.08. The van der Waals surface area contributed by atoms with E-state index < -0.39 is 0 Å². The maximum Gasteiger partial charge on any atom is 0.225 e. The maximum atomic E-state index is 12.5. The van der Waals surface area contributed by atoms with E-state index in [9.17, 15) is 4.79 Å². The van der Waals surface area contributed by atoms with Crippen LogP contribution in [0, 0.1) is 6.92 Å². The lowest BCUT2D eigenvalue weighted by atomic mass is 10.1. The molecule has 3 aromatic rings. The predicted octanol–water partition coefficient (Wildman–Crippen LogP) is 4.42. The van der Waals surface area contributed by atoms with Crippen LogP contribution >= 0.6 is 11.6 Å². The van der Waals surface area contributed by atoms with Crippen molar-refractivity contribution in [3.05, 3.63) is 64.8 Å². The van der Waals surface area contributed by atoms with Crippen LogP contribution in [0.2, 0.25) is 5.02 Å². The highest BCUT2D eigenvalue weighted by atomic mass is 35.5. The van der Waals surface area contributed by atoms with Gasteiger partial charge in [0.25, 0.3) is 0 Å². The lowest BCUT2D eigenvalue weighted by Crippen LogP contribution is -2.15. The standard InChI is InChI=1S/C21H22ClN3O3/c1-14-11-20(25(24-14)17-6-4-5-16(22)13-17)23-21(26)10-7-15-12-18(27-2)8-9-19(15)28-3/h4-6,8-9,11-13H,7,10H2,1-3H3,(H,23,26). The summed E-state index contributed by atoms with van der Waals surface area (Å²) in [5, 5.41) is 7.99. The first kappa shape index (κ1) is 19.8. The third-order valence-electron chi connectivity index (χ3n) is 4.26. The van der Waals surface area contributed by atoms with E-state index in [1.165, 1.54) is 0 Å². The summed E-state index contributed by atoms with van der Waals surface area (Å²) in [6.45, 7) is 1.87. The number of aromatic nitrogens is 2. The number of hydrogen-bond donors (Lipinski definition) is 1. The fourth-order valence-corrected chi connectivity index (χ4v) is 3.11. The molecule has 0 saturated heterocycles. The zero-order valence-electron chi connectivity index (χ0n) is 16.0. The second-order valence-electron chi connectivity index (χ2n) is 6.29. The Kier molecular flexibility index (Phi) is 6.21. The van der Waals surface area contributed by atoms with Gasteiger partial charge in [0.05, 0.1) is 25.6 Å². The molecule has 0 unspecified atom stereocenters. The zero-order chi connectivity index (χ0) is 20.1. The summed E-state index contributed by atoms with van der Waals surface area (Å²) in [7, 11) is 3.22. The van der Waals surface area contributed by atoms with E-state index in [-0.39, 0.29) is 5.91 Å². The summed E-state index contributed by atoms with van der Waals surface area (Å²) in [6.07, 6.45) is 0.819. The number of methoxy groups -OCH3 is 2. The van der Waals surface area contributed by atoms with E-state index in [0.717, 1.165) is 28.4 Å². The van der Waals surface area contributed by atoms with E-state index in [0.29, 0.717) is 23.7 Å². The number of carbonyl (C=O) groups excluding carboxylic acids is 1. The topological polar surface area (TPSA) is 65.4 Å². The van der Waals surface area contributed by atoms with E-state index in [4.69, 9.17) is 21.1 Å². The Bertz CT molecular complexity index is 985. The quantitative estimate of drug-likeness (QED) is 0.638. The van der Waals surface area contributed by atoms with Crippen LogP contribution in [0.5, 0.6) is 11.5 Å². The number of nitrogens with one attached hydrogen (secondary N) is 1. The second kappa shape index (κ2) is 8.80. The molecule has 1 N–H and O–H groups in total. The van der Waals surface area contributed by atoms with Crippen LogP contribution in [-0.4, -0.2) is 29.9 Å². The van der Waals surface area contributed by atoms with Gasteiger partial charge in [-0.25, -0.2) is 4.68 Å². The number of benzene rings is 2. The van der Waals surface area contributed by atoms with E-state index >= 15 is 0 Å². The number of nitrogens with zero attached hydrogens (tertiary/aromatic N) is 2. The molecule has 0 aliphatic rings. The van der Waals surface area contributed by atoms with Crippen molar-refractivity contribution in [2.45, 2.75) is 19.8 Å². The SMILES string of the molecule is COc1ccc(OC)c(CCC(=O)Nc2cc(C)nn2-c2cccc(Cl)c2)c1. The Morgan fingerprint density at radius 3 is 2.68 bits per heavy atom. The van der Waals surface area contributed by atoms with Crippen molar-refractivity contribution in [3.63, 3.8) is 0 Å². The molecule has 3 rings (SSSR count). The fourth-order valence-electron chi connectivity index (χ4n) is 2.92. The summed E-state index contributed by atoms with van der Waals surface area (Å²) in [5.74, 6) is 1.94. The summed E-state index contributed by atoms with van der Waals surface area (Å²) in [5.41, 5.74) is 2.49. The Labute approximate surface area is 169 Å². The van der Waals surface area contributed by atoms with Crippen LogP contribution in [0.15, 0.2) is 48.5 Å². The molecule has 1 amide bonds. The monoisotopic (exact) mass is 399 g/mol. The molecule has 0 saturated carbocycles. The molecule has 0 aliphatic heterocycles. The van der Waals surface area contributed by atoms with Gasteiger partial charge < -0.3 is 14.8 Å². The van der Waals surface area contributed by atoms with Crippen LogP contribution in [-0.2, 0) is 11.2 Å². The van der Waals surface area contributed by atoms with Crippen molar-refractivity contribution in [2.75, 3.05) is 19.5 Å². The number of carbonyl (C=O) groups is 1. The smallest absolute Gasteiger partial charge is 0.225 e. The minimum Gasteiger partial charge on any atom is -0.497 e. The molecule has 0 radical (unpaired) electrons. The Hall–Kier alpha value is -2.99. The summed E-state index contributed by atoms with van der Waals surface area (Å²) in [6, 6.07) is 14.7. The molecule has 0 atom stereocenters. The van der Waals surface area contributed by atoms with Crippen LogP contribution in [0.25, 0.3) is 5.69 Å². The van der Waals surface area contributed by atoms with Gasteiger partial charge in [-0.1, -0.05) is 17.7 Å². The van der Waals surface area contributed by atoms with Gasteiger partial charge in [-0.05, 0) is 55.3 Å². The Morgan fingerprint density at radius 2 is 1.96 bits per heavy atom. The van der Waals surface area contributed by atoms with Crippen LogP contribution in [0.1, 0.15) is 17.7 Å². The average molecular weight is 400 g/mol. The first-order chi connectivity index (χ1) is 13.5. The lowest BCUT2D eigenvalue weighted by Gasteiger charge is -2.11. The molecule has 6 nitrogen and oxygen atoms in total. The minimum atomic E-state index is -0.118. The number of anilines is 1.